The summed E-state index contributed by atoms with van der Waals surface area (Å²) in [6, 6.07) is 11.8. The van der Waals surface area contributed by atoms with E-state index in [2.05, 4.69) is 5.10 Å². The first-order valence-electron chi connectivity index (χ1n) is 7.15. The number of nitrogen functional groups attached to an aromatic ring is 1. The van der Waals surface area contributed by atoms with E-state index in [9.17, 15) is 4.39 Å². The zero-order valence-electron chi connectivity index (χ0n) is 12.7. The van der Waals surface area contributed by atoms with E-state index in [-0.39, 0.29) is 5.82 Å². The molecule has 2 aromatic rings. The smallest absolute Gasteiger partial charge is 0.148 e. The highest BCUT2D eigenvalue weighted by molar-refractivity contribution is 6.31. The Bertz CT molecular complexity index is 685. The van der Waals surface area contributed by atoms with Crippen LogP contribution in [0, 0.1) is 5.82 Å². The lowest BCUT2D eigenvalue weighted by molar-refractivity contribution is 0.618. The minimum Gasteiger partial charge on any atom is -0.398 e. The highest BCUT2D eigenvalue weighted by atomic mass is 35.5. The first-order chi connectivity index (χ1) is 10.5. The van der Waals surface area contributed by atoms with Crippen molar-refractivity contribution in [3.05, 3.63) is 58.9 Å². The van der Waals surface area contributed by atoms with E-state index < -0.39 is 0 Å². The normalized spacial score (nSPS) is 11.5. The van der Waals surface area contributed by atoms with Crippen LogP contribution >= 0.6 is 11.6 Å². The number of hydrazone groups is 1. The van der Waals surface area contributed by atoms with Gasteiger partial charge in [0, 0.05) is 22.8 Å². The van der Waals surface area contributed by atoms with E-state index in [0.717, 1.165) is 12.0 Å². The zero-order valence-corrected chi connectivity index (χ0v) is 13.4. The number of hydrogen-bond donors (Lipinski definition) is 1. The lowest BCUT2D eigenvalue weighted by atomic mass is 10.1. The SMILES string of the molecule is CCCN(/N=C(\C)c1cc(Cl)ccc1N)c1ccccc1F. The molecule has 0 aliphatic carbocycles. The monoisotopic (exact) mass is 319 g/mol. The van der Waals surface area contributed by atoms with E-state index in [1.807, 2.05) is 13.8 Å². The summed E-state index contributed by atoms with van der Waals surface area (Å²) < 4.78 is 14.0. The molecule has 0 aliphatic rings. The number of halogens is 2. The average molecular weight is 320 g/mol. The molecule has 2 aromatic carbocycles. The van der Waals surface area contributed by atoms with E-state index in [1.54, 1.807) is 41.4 Å². The Labute approximate surface area is 135 Å². The second-order valence-electron chi connectivity index (χ2n) is 4.99. The Kier molecular flexibility index (Phi) is 5.39. The molecule has 0 amide bonds. The van der Waals surface area contributed by atoms with Gasteiger partial charge in [0.2, 0.25) is 0 Å². The molecular formula is C17H19ClFN3. The predicted molar refractivity (Wildman–Crippen MR) is 92.1 cm³/mol. The Morgan fingerprint density at radius 2 is 2.00 bits per heavy atom. The average Bonchev–Trinajstić information content (AvgIpc) is 2.49. The molecule has 0 radical (unpaired) electrons. The number of nitrogens with zero attached hydrogens (tertiary/aromatic N) is 2. The van der Waals surface area contributed by atoms with Crippen LogP contribution in [0.15, 0.2) is 47.6 Å². The molecule has 0 fully saturated rings. The van der Waals surface area contributed by atoms with Gasteiger partial charge in [-0.05, 0) is 43.7 Å². The van der Waals surface area contributed by atoms with Gasteiger partial charge in [0.25, 0.3) is 0 Å². The van der Waals surface area contributed by atoms with Gasteiger partial charge in [0.1, 0.15) is 5.82 Å². The van der Waals surface area contributed by atoms with E-state index in [0.29, 0.717) is 28.7 Å². The minimum atomic E-state index is -0.299. The third kappa shape index (κ3) is 3.77. The maximum atomic E-state index is 14.0. The van der Waals surface area contributed by atoms with Crippen molar-refractivity contribution in [2.24, 2.45) is 5.10 Å². The first kappa shape index (κ1) is 16.3. The number of benzene rings is 2. The second kappa shape index (κ2) is 7.27. The lowest BCUT2D eigenvalue weighted by Crippen LogP contribution is -2.21. The Morgan fingerprint density at radius 1 is 1.27 bits per heavy atom. The number of rotatable bonds is 5. The molecule has 0 heterocycles. The number of hydrogen-bond acceptors (Lipinski definition) is 3. The highest BCUT2D eigenvalue weighted by Gasteiger charge is 2.11. The van der Waals surface area contributed by atoms with E-state index >= 15 is 0 Å². The predicted octanol–water partition coefficient (Wildman–Crippen LogP) is 4.70. The molecule has 0 spiro atoms. The number of nitrogens with two attached hydrogens (primary N) is 1. The van der Waals surface area contributed by atoms with Gasteiger partial charge < -0.3 is 5.73 Å². The van der Waals surface area contributed by atoms with Crippen LogP contribution in [0.5, 0.6) is 0 Å². The molecule has 0 bridgehead atoms. The third-order valence-electron chi connectivity index (χ3n) is 3.24. The van der Waals surface area contributed by atoms with Gasteiger partial charge in [-0.1, -0.05) is 30.7 Å². The summed E-state index contributed by atoms with van der Waals surface area (Å²) in [5.41, 5.74) is 8.46. The van der Waals surface area contributed by atoms with Crippen molar-refractivity contribution >= 4 is 28.7 Å². The van der Waals surface area contributed by atoms with Gasteiger partial charge in [-0.2, -0.15) is 5.10 Å². The molecule has 3 nitrogen and oxygen atoms in total. The Hall–Kier alpha value is -2.07. The minimum absolute atomic E-state index is 0.299. The molecule has 0 atom stereocenters. The van der Waals surface area contributed by atoms with Gasteiger partial charge in [0.15, 0.2) is 0 Å². The Morgan fingerprint density at radius 3 is 2.68 bits per heavy atom. The molecule has 0 saturated carbocycles. The third-order valence-corrected chi connectivity index (χ3v) is 3.48. The van der Waals surface area contributed by atoms with Crippen LogP contribution in [0.4, 0.5) is 15.8 Å². The van der Waals surface area contributed by atoms with E-state index in [4.69, 9.17) is 17.3 Å². The molecular weight excluding hydrogens is 301 g/mol. The number of anilines is 2. The van der Waals surface area contributed by atoms with Crippen molar-refractivity contribution in [3.8, 4) is 0 Å². The summed E-state index contributed by atoms with van der Waals surface area (Å²) >= 11 is 6.02. The van der Waals surface area contributed by atoms with Crippen molar-refractivity contribution in [1.82, 2.24) is 0 Å². The van der Waals surface area contributed by atoms with Gasteiger partial charge in [-0.15, -0.1) is 0 Å². The zero-order chi connectivity index (χ0) is 16.1. The largest absolute Gasteiger partial charge is 0.398 e. The maximum Gasteiger partial charge on any atom is 0.148 e. The first-order valence-corrected chi connectivity index (χ1v) is 7.53. The van der Waals surface area contributed by atoms with Crippen LogP contribution in [-0.4, -0.2) is 12.3 Å². The molecule has 116 valence electrons. The van der Waals surface area contributed by atoms with Gasteiger partial charge in [-0.3, -0.25) is 5.01 Å². The lowest BCUT2D eigenvalue weighted by Gasteiger charge is -2.20. The van der Waals surface area contributed by atoms with Crippen LogP contribution in [0.25, 0.3) is 0 Å². The van der Waals surface area contributed by atoms with Gasteiger partial charge in [0.05, 0.1) is 11.4 Å². The van der Waals surface area contributed by atoms with Crippen molar-refractivity contribution in [3.63, 3.8) is 0 Å². The molecule has 0 unspecified atom stereocenters. The van der Waals surface area contributed by atoms with Crippen LogP contribution in [0.3, 0.4) is 0 Å². The number of para-hydroxylation sites is 1. The van der Waals surface area contributed by atoms with Gasteiger partial charge >= 0.3 is 0 Å². The molecule has 0 saturated heterocycles. The topological polar surface area (TPSA) is 41.6 Å². The Balaban J connectivity index is 2.41. The highest BCUT2D eigenvalue weighted by Crippen LogP contribution is 2.22. The summed E-state index contributed by atoms with van der Waals surface area (Å²) in [6.07, 6.45) is 0.843. The standard InChI is InChI=1S/C17H19ClFN3/c1-3-10-22(17-7-5-4-6-15(17)19)21-12(2)14-11-13(18)8-9-16(14)20/h4-9,11H,3,10,20H2,1-2H3/b21-12+. The quantitative estimate of drug-likeness (QED) is 0.493. The van der Waals surface area contributed by atoms with Crippen molar-refractivity contribution in [1.29, 1.82) is 0 Å². The molecule has 22 heavy (non-hydrogen) atoms. The van der Waals surface area contributed by atoms with Crippen LogP contribution < -0.4 is 10.7 Å². The summed E-state index contributed by atoms with van der Waals surface area (Å²) in [6.45, 7) is 4.47. The molecule has 0 aromatic heterocycles. The maximum absolute atomic E-state index is 14.0. The van der Waals surface area contributed by atoms with Crippen molar-refractivity contribution in [2.45, 2.75) is 20.3 Å². The molecule has 5 heteroatoms. The molecule has 2 rings (SSSR count). The second-order valence-corrected chi connectivity index (χ2v) is 5.43. The fraction of sp³-hybridized carbons (Fsp3) is 0.235. The van der Waals surface area contributed by atoms with Crippen molar-refractivity contribution < 1.29 is 4.39 Å². The summed E-state index contributed by atoms with van der Waals surface area (Å²) in [5.74, 6) is -0.299. The van der Waals surface area contributed by atoms with Crippen LogP contribution in [0.2, 0.25) is 5.02 Å². The van der Waals surface area contributed by atoms with Crippen LogP contribution in [0.1, 0.15) is 25.8 Å². The summed E-state index contributed by atoms with van der Waals surface area (Å²) in [4.78, 5) is 0. The fourth-order valence-corrected chi connectivity index (χ4v) is 2.35. The summed E-state index contributed by atoms with van der Waals surface area (Å²) in [5, 5.41) is 6.79. The van der Waals surface area contributed by atoms with Crippen molar-refractivity contribution in [2.75, 3.05) is 17.3 Å². The van der Waals surface area contributed by atoms with Gasteiger partial charge in [-0.25, -0.2) is 4.39 Å². The van der Waals surface area contributed by atoms with E-state index in [1.165, 1.54) is 6.07 Å². The fourth-order valence-electron chi connectivity index (χ4n) is 2.17. The summed E-state index contributed by atoms with van der Waals surface area (Å²) in [7, 11) is 0. The molecule has 0 aliphatic heterocycles. The van der Waals surface area contributed by atoms with Crippen LogP contribution in [-0.2, 0) is 0 Å². The molecule has 2 N–H and O–H groups in total.